The minimum absolute atomic E-state index is 0.245. The summed E-state index contributed by atoms with van der Waals surface area (Å²) in [5, 5.41) is 0. The molecule has 1 aliphatic carbocycles. The van der Waals surface area contributed by atoms with Crippen molar-refractivity contribution in [2.45, 2.75) is 64.5 Å². The summed E-state index contributed by atoms with van der Waals surface area (Å²) < 4.78 is 0. The van der Waals surface area contributed by atoms with Crippen LogP contribution in [-0.2, 0) is 0 Å². The van der Waals surface area contributed by atoms with Gasteiger partial charge < -0.3 is 10.6 Å². The van der Waals surface area contributed by atoms with Crippen molar-refractivity contribution in [3.05, 3.63) is 0 Å². The molecule has 3 heteroatoms. The topological polar surface area (TPSA) is 32.5 Å². The van der Waals surface area contributed by atoms with Crippen LogP contribution in [0.4, 0.5) is 0 Å². The molecule has 2 N–H and O–H groups in total. The second-order valence-electron chi connectivity index (χ2n) is 6.86. The number of rotatable bonds is 6. The Morgan fingerprint density at radius 1 is 1.26 bits per heavy atom. The molecule has 3 unspecified atom stereocenters. The van der Waals surface area contributed by atoms with E-state index in [1.54, 1.807) is 0 Å². The average molecular weight is 269 g/mol. The Balaban J connectivity index is 2.83. The van der Waals surface area contributed by atoms with Crippen LogP contribution in [0.3, 0.4) is 0 Å². The van der Waals surface area contributed by atoms with E-state index in [0.717, 1.165) is 25.6 Å². The van der Waals surface area contributed by atoms with E-state index in [0.29, 0.717) is 6.04 Å². The zero-order valence-electron chi connectivity index (χ0n) is 13.8. The van der Waals surface area contributed by atoms with Crippen LogP contribution in [-0.4, -0.2) is 55.1 Å². The van der Waals surface area contributed by atoms with Crippen molar-refractivity contribution in [2.75, 3.05) is 33.7 Å². The molecule has 1 saturated carbocycles. The maximum Gasteiger partial charge on any atom is 0.0335 e. The molecule has 0 radical (unpaired) electrons. The van der Waals surface area contributed by atoms with E-state index in [-0.39, 0.29) is 5.54 Å². The lowest BCUT2D eigenvalue weighted by Gasteiger charge is -2.47. The average Bonchev–Trinajstić information content (AvgIpc) is 2.52. The van der Waals surface area contributed by atoms with Crippen molar-refractivity contribution in [2.24, 2.45) is 11.7 Å². The lowest BCUT2D eigenvalue weighted by Crippen LogP contribution is -2.58. The van der Waals surface area contributed by atoms with Crippen molar-refractivity contribution in [1.29, 1.82) is 0 Å². The molecule has 0 amide bonds. The van der Waals surface area contributed by atoms with Gasteiger partial charge in [0, 0.05) is 24.7 Å². The molecular formula is C16H35N3. The Hall–Kier alpha value is -0.120. The van der Waals surface area contributed by atoms with E-state index >= 15 is 0 Å². The van der Waals surface area contributed by atoms with E-state index in [1.165, 1.54) is 32.1 Å². The molecule has 114 valence electrons. The van der Waals surface area contributed by atoms with Crippen molar-refractivity contribution < 1.29 is 0 Å². The lowest BCUT2D eigenvalue weighted by atomic mass is 9.86. The Morgan fingerprint density at radius 2 is 1.95 bits per heavy atom. The van der Waals surface area contributed by atoms with Gasteiger partial charge in [-0.1, -0.05) is 26.7 Å². The van der Waals surface area contributed by atoms with Crippen molar-refractivity contribution >= 4 is 0 Å². The number of hydrogen-bond acceptors (Lipinski definition) is 3. The van der Waals surface area contributed by atoms with Crippen molar-refractivity contribution in [3.63, 3.8) is 0 Å². The van der Waals surface area contributed by atoms with Gasteiger partial charge in [0.2, 0.25) is 0 Å². The fourth-order valence-electron chi connectivity index (χ4n) is 3.91. The summed E-state index contributed by atoms with van der Waals surface area (Å²) >= 11 is 0. The molecule has 0 aromatic heterocycles. The van der Waals surface area contributed by atoms with E-state index in [2.05, 4.69) is 44.7 Å². The van der Waals surface area contributed by atoms with E-state index in [4.69, 9.17) is 5.73 Å². The molecule has 0 heterocycles. The van der Waals surface area contributed by atoms with Gasteiger partial charge in [0.1, 0.15) is 0 Å². The zero-order valence-corrected chi connectivity index (χ0v) is 13.8. The highest BCUT2D eigenvalue weighted by molar-refractivity contribution is 4.96. The first kappa shape index (κ1) is 16.9. The van der Waals surface area contributed by atoms with Crippen LogP contribution < -0.4 is 5.73 Å². The van der Waals surface area contributed by atoms with Crippen molar-refractivity contribution in [3.8, 4) is 0 Å². The molecule has 1 fully saturated rings. The zero-order chi connectivity index (χ0) is 14.5. The standard InChI is InChI=1S/C16H35N3/c1-6-19(15(3)12-18(4)5)16(13-17)10-7-8-14(2)9-11-16/h14-15H,6-13,17H2,1-5H3. The predicted octanol–water partition coefficient (Wildman–Crippen LogP) is 2.56. The highest BCUT2D eigenvalue weighted by Gasteiger charge is 2.38. The molecule has 3 nitrogen and oxygen atoms in total. The Kier molecular flexibility index (Phi) is 6.78. The molecule has 1 aliphatic rings. The molecule has 3 atom stereocenters. The van der Waals surface area contributed by atoms with Gasteiger partial charge in [-0.2, -0.15) is 0 Å². The highest BCUT2D eigenvalue weighted by atomic mass is 15.3. The molecule has 0 bridgehead atoms. The molecule has 1 rings (SSSR count). The van der Waals surface area contributed by atoms with Crippen molar-refractivity contribution in [1.82, 2.24) is 9.80 Å². The molecule has 0 aliphatic heterocycles. The van der Waals surface area contributed by atoms with Gasteiger partial charge in [0.25, 0.3) is 0 Å². The van der Waals surface area contributed by atoms with E-state index in [9.17, 15) is 0 Å². The molecule has 0 saturated heterocycles. The molecule has 0 spiro atoms. The normalized spacial score (nSPS) is 30.6. The van der Waals surface area contributed by atoms with Crippen LogP contribution in [0.25, 0.3) is 0 Å². The first-order chi connectivity index (χ1) is 8.95. The van der Waals surface area contributed by atoms with Gasteiger partial charge in [-0.05, 0) is 52.7 Å². The fourth-order valence-corrected chi connectivity index (χ4v) is 3.91. The predicted molar refractivity (Wildman–Crippen MR) is 84.4 cm³/mol. The van der Waals surface area contributed by atoms with Gasteiger partial charge in [-0.15, -0.1) is 0 Å². The second kappa shape index (κ2) is 7.61. The van der Waals surface area contributed by atoms with Crippen LogP contribution in [0.2, 0.25) is 0 Å². The fraction of sp³-hybridized carbons (Fsp3) is 1.00. The summed E-state index contributed by atoms with van der Waals surface area (Å²) in [6, 6.07) is 0.581. The third-order valence-corrected chi connectivity index (χ3v) is 4.93. The first-order valence-corrected chi connectivity index (χ1v) is 8.06. The Labute approximate surface area is 120 Å². The summed E-state index contributed by atoms with van der Waals surface area (Å²) in [6.45, 7) is 10.1. The third-order valence-electron chi connectivity index (χ3n) is 4.93. The Morgan fingerprint density at radius 3 is 2.47 bits per heavy atom. The lowest BCUT2D eigenvalue weighted by molar-refractivity contribution is 0.0357. The smallest absolute Gasteiger partial charge is 0.0335 e. The quantitative estimate of drug-likeness (QED) is 0.752. The van der Waals surface area contributed by atoms with Crippen LogP contribution in [0.1, 0.15) is 52.9 Å². The largest absolute Gasteiger partial charge is 0.329 e. The minimum Gasteiger partial charge on any atom is -0.329 e. The molecular weight excluding hydrogens is 234 g/mol. The van der Waals surface area contributed by atoms with Crippen LogP contribution in [0, 0.1) is 5.92 Å². The number of likely N-dealkylation sites (N-methyl/N-ethyl adjacent to an activating group) is 2. The van der Waals surface area contributed by atoms with Gasteiger partial charge in [-0.25, -0.2) is 0 Å². The summed E-state index contributed by atoms with van der Waals surface area (Å²) in [7, 11) is 4.32. The SMILES string of the molecule is CCN(C(C)CN(C)C)C1(CN)CCCC(C)CC1. The summed E-state index contributed by atoms with van der Waals surface area (Å²) in [5.74, 6) is 0.872. The van der Waals surface area contributed by atoms with E-state index < -0.39 is 0 Å². The third kappa shape index (κ3) is 4.44. The monoisotopic (exact) mass is 269 g/mol. The van der Waals surface area contributed by atoms with Gasteiger partial charge >= 0.3 is 0 Å². The second-order valence-corrected chi connectivity index (χ2v) is 6.86. The highest BCUT2D eigenvalue weighted by Crippen LogP contribution is 2.35. The maximum atomic E-state index is 6.24. The summed E-state index contributed by atoms with van der Waals surface area (Å²) in [4.78, 5) is 4.97. The molecule has 0 aromatic carbocycles. The van der Waals surface area contributed by atoms with Crippen LogP contribution in [0.15, 0.2) is 0 Å². The number of nitrogens with zero attached hydrogens (tertiary/aromatic N) is 2. The summed E-state index contributed by atoms with van der Waals surface area (Å²) in [6.07, 6.45) is 6.60. The first-order valence-electron chi connectivity index (χ1n) is 8.06. The van der Waals surface area contributed by atoms with Crippen LogP contribution >= 0.6 is 0 Å². The Bertz CT molecular complexity index is 254. The van der Waals surface area contributed by atoms with Gasteiger partial charge in [0.05, 0.1) is 0 Å². The van der Waals surface area contributed by atoms with Gasteiger partial charge in [-0.3, -0.25) is 4.90 Å². The van der Waals surface area contributed by atoms with E-state index in [1.807, 2.05) is 0 Å². The molecule has 19 heavy (non-hydrogen) atoms. The number of nitrogens with two attached hydrogens (primary N) is 1. The minimum atomic E-state index is 0.245. The van der Waals surface area contributed by atoms with Gasteiger partial charge in [0.15, 0.2) is 0 Å². The number of hydrogen-bond donors (Lipinski definition) is 1. The summed E-state index contributed by atoms with van der Waals surface area (Å²) in [5.41, 5.74) is 6.49. The molecule has 0 aromatic rings. The van der Waals surface area contributed by atoms with Crippen LogP contribution in [0.5, 0.6) is 0 Å². The maximum absolute atomic E-state index is 6.24.